The molecule has 17 heavy (non-hydrogen) atoms. The minimum Gasteiger partial charge on any atom is -0.396 e. The van der Waals surface area contributed by atoms with Gasteiger partial charge in [0.1, 0.15) is 5.82 Å². The van der Waals surface area contributed by atoms with Crippen LogP contribution in [0.5, 0.6) is 0 Å². The molecule has 1 aromatic rings. The van der Waals surface area contributed by atoms with Gasteiger partial charge in [-0.3, -0.25) is 0 Å². The molecule has 0 aliphatic carbocycles. The number of rotatable bonds is 3. The van der Waals surface area contributed by atoms with Crippen LogP contribution in [0.15, 0.2) is 18.3 Å². The Morgan fingerprint density at radius 2 is 2.47 bits per heavy atom. The van der Waals surface area contributed by atoms with Gasteiger partial charge in [0, 0.05) is 37.5 Å². The van der Waals surface area contributed by atoms with Crippen LogP contribution in [0.25, 0.3) is 0 Å². The normalized spacial score (nSPS) is 22.5. The number of aliphatic hydroxyl groups is 1. The summed E-state index contributed by atoms with van der Waals surface area (Å²) in [5.74, 6) is 1.35. The van der Waals surface area contributed by atoms with E-state index < -0.39 is 0 Å². The van der Waals surface area contributed by atoms with E-state index in [-0.39, 0.29) is 12.6 Å². The summed E-state index contributed by atoms with van der Waals surface area (Å²) in [6.45, 7) is 4.13. The molecule has 2 rings (SSSR count). The Morgan fingerprint density at radius 3 is 3.18 bits per heavy atom. The van der Waals surface area contributed by atoms with Crippen LogP contribution in [0.1, 0.15) is 31.4 Å². The van der Waals surface area contributed by atoms with Crippen molar-refractivity contribution in [2.75, 3.05) is 24.6 Å². The highest BCUT2D eigenvalue weighted by Gasteiger charge is 2.22. The molecule has 0 radical (unpaired) electrons. The van der Waals surface area contributed by atoms with Crippen LogP contribution in [-0.2, 0) is 0 Å². The predicted molar refractivity (Wildman–Crippen MR) is 68.9 cm³/mol. The average Bonchev–Trinajstić information content (AvgIpc) is 2.39. The van der Waals surface area contributed by atoms with Gasteiger partial charge in [-0.05, 0) is 31.7 Å². The quantitative estimate of drug-likeness (QED) is 0.829. The first-order chi connectivity index (χ1) is 8.22. The maximum absolute atomic E-state index is 9.26. The van der Waals surface area contributed by atoms with Crippen LogP contribution in [0.2, 0.25) is 0 Å². The van der Waals surface area contributed by atoms with Crippen molar-refractivity contribution in [2.45, 2.75) is 25.8 Å². The molecule has 3 N–H and O–H groups in total. The zero-order valence-corrected chi connectivity index (χ0v) is 10.3. The average molecular weight is 235 g/mol. The van der Waals surface area contributed by atoms with Gasteiger partial charge in [0.2, 0.25) is 0 Å². The lowest BCUT2D eigenvalue weighted by atomic mass is 9.98. The fourth-order valence-electron chi connectivity index (χ4n) is 2.44. The first-order valence-corrected chi connectivity index (χ1v) is 6.28. The molecular weight excluding hydrogens is 214 g/mol. The molecule has 1 aromatic heterocycles. The number of piperidine rings is 1. The van der Waals surface area contributed by atoms with Crippen molar-refractivity contribution in [3.8, 4) is 0 Å². The molecule has 94 valence electrons. The number of hydrogen-bond donors (Lipinski definition) is 2. The lowest BCUT2D eigenvalue weighted by molar-refractivity contribution is 0.208. The Hall–Kier alpha value is -1.13. The topological polar surface area (TPSA) is 62.4 Å². The highest BCUT2D eigenvalue weighted by molar-refractivity contribution is 5.48. The maximum Gasteiger partial charge on any atom is 0.133 e. The van der Waals surface area contributed by atoms with Crippen LogP contribution < -0.4 is 10.6 Å². The monoisotopic (exact) mass is 235 g/mol. The second-order valence-electron chi connectivity index (χ2n) is 4.84. The van der Waals surface area contributed by atoms with Gasteiger partial charge in [-0.1, -0.05) is 6.07 Å². The zero-order valence-electron chi connectivity index (χ0n) is 10.3. The lowest BCUT2D eigenvalue weighted by Crippen LogP contribution is -2.38. The molecule has 1 fully saturated rings. The Bertz CT molecular complexity index is 367. The van der Waals surface area contributed by atoms with E-state index in [9.17, 15) is 5.11 Å². The third-order valence-corrected chi connectivity index (χ3v) is 3.38. The van der Waals surface area contributed by atoms with Crippen LogP contribution in [-0.4, -0.2) is 29.8 Å². The maximum atomic E-state index is 9.26. The third-order valence-electron chi connectivity index (χ3n) is 3.38. The number of pyridine rings is 1. The SMILES string of the molecule is CC(N)c1cccnc1N1CCCC(CO)C1. The van der Waals surface area contributed by atoms with Gasteiger partial charge in [-0.2, -0.15) is 0 Å². The van der Waals surface area contributed by atoms with Crippen molar-refractivity contribution >= 4 is 5.82 Å². The van der Waals surface area contributed by atoms with Crippen molar-refractivity contribution in [1.82, 2.24) is 4.98 Å². The number of nitrogens with zero attached hydrogens (tertiary/aromatic N) is 2. The van der Waals surface area contributed by atoms with E-state index in [1.165, 1.54) is 0 Å². The largest absolute Gasteiger partial charge is 0.396 e. The molecule has 2 atom stereocenters. The molecule has 0 saturated carbocycles. The fourth-order valence-corrected chi connectivity index (χ4v) is 2.44. The summed E-state index contributed by atoms with van der Waals surface area (Å²) in [5.41, 5.74) is 7.06. The van der Waals surface area contributed by atoms with Crippen molar-refractivity contribution in [1.29, 1.82) is 0 Å². The number of aromatic nitrogens is 1. The van der Waals surface area contributed by atoms with Crippen LogP contribution in [0.3, 0.4) is 0 Å². The summed E-state index contributed by atoms with van der Waals surface area (Å²) in [6, 6.07) is 3.96. The second-order valence-corrected chi connectivity index (χ2v) is 4.84. The lowest BCUT2D eigenvalue weighted by Gasteiger charge is -2.34. The first-order valence-electron chi connectivity index (χ1n) is 6.28. The molecule has 2 heterocycles. The van der Waals surface area contributed by atoms with E-state index in [0.717, 1.165) is 37.3 Å². The zero-order chi connectivity index (χ0) is 12.3. The summed E-state index contributed by atoms with van der Waals surface area (Å²) in [6.07, 6.45) is 4.03. The van der Waals surface area contributed by atoms with Gasteiger partial charge in [0.25, 0.3) is 0 Å². The highest BCUT2D eigenvalue weighted by Crippen LogP contribution is 2.26. The van der Waals surface area contributed by atoms with Gasteiger partial charge in [-0.25, -0.2) is 4.98 Å². The van der Waals surface area contributed by atoms with Crippen LogP contribution in [0, 0.1) is 5.92 Å². The number of hydrogen-bond acceptors (Lipinski definition) is 4. The Labute approximate surface area is 102 Å². The minimum absolute atomic E-state index is 0.00629. The van der Waals surface area contributed by atoms with Gasteiger partial charge >= 0.3 is 0 Å². The number of nitrogens with two attached hydrogens (primary N) is 1. The molecule has 0 amide bonds. The molecule has 4 nitrogen and oxygen atoms in total. The predicted octanol–water partition coefficient (Wildman–Crippen LogP) is 1.31. The second kappa shape index (κ2) is 5.47. The van der Waals surface area contributed by atoms with E-state index >= 15 is 0 Å². The van der Waals surface area contributed by atoms with E-state index in [1.807, 2.05) is 25.3 Å². The van der Waals surface area contributed by atoms with Crippen molar-refractivity contribution < 1.29 is 5.11 Å². The molecule has 0 bridgehead atoms. The van der Waals surface area contributed by atoms with Crippen molar-refractivity contribution in [3.05, 3.63) is 23.9 Å². The summed E-state index contributed by atoms with van der Waals surface area (Å²) in [4.78, 5) is 6.71. The molecule has 4 heteroatoms. The van der Waals surface area contributed by atoms with Gasteiger partial charge < -0.3 is 15.7 Å². The number of aliphatic hydroxyl groups excluding tert-OH is 1. The van der Waals surface area contributed by atoms with Crippen molar-refractivity contribution in [3.63, 3.8) is 0 Å². The van der Waals surface area contributed by atoms with E-state index in [1.54, 1.807) is 0 Å². The summed E-state index contributed by atoms with van der Waals surface area (Å²) < 4.78 is 0. The van der Waals surface area contributed by atoms with E-state index in [0.29, 0.717) is 5.92 Å². The molecule has 1 saturated heterocycles. The summed E-state index contributed by atoms with van der Waals surface area (Å²) in [7, 11) is 0. The van der Waals surface area contributed by atoms with E-state index in [2.05, 4.69) is 9.88 Å². The van der Waals surface area contributed by atoms with Crippen LogP contribution >= 0.6 is 0 Å². The molecule has 0 aromatic carbocycles. The number of anilines is 1. The molecule has 1 aliphatic rings. The first kappa shape index (κ1) is 12.3. The smallest absolute Gasteiger partial charge is 0.133 e. The van der Waals surface area contributed by atoms with Gasteiger partial charge in [-0.15, -0.1) is 0 Å². The highest BCUT2D eigenvalue weighted by atomic mass is 16.3. The molecule has 1 aliphatic heterocycles. The summed E-state index contributed by atoms with van der Waals surface area (Å²) in [5, 5.41) is 9.26. The van der Waals surface area contributed by atoms with Gasteiger partial charge in [0.15, 0.2) is 0 Å². The minimum atomic E-state index is -0.00629. The third kappa shape index (κ3) is 2.76. The molecule has 2 unspecified atom stereocenters. The molecule has 0 spiro atoms. The standard InChI is InChI=1S/C13H21N3O/c1-10(14)12-5-2-6-15-13(12)16-7-3-4-11(8-16)9-17/h2,5-6,10-11,17H,3-4,7-9,14H2,1H3. The summed E-state index contributed by atoms with van der Waals surface area (Å²) >= 11 is 0. The van der Waals surface area contributed by atoms with Crippen LogP contribution in [0.4, 0.5) is 5.82 Å². The van der Waals surface area contributed by atoms with Gasteiger partial charge in [0.05, 0.1) is 0 Å². The Balaban J connectivity index is 2.21. The Kier molecular flexibility index (Phi) is 3.97. The molecular formula is C13H21N3O. The van der Waals surface area contributed by atoms with Crippen molar-refractivity contribution in [2.24, 2.45) is 11.7 Å². The van der Waals surface area contributed by atoms with E-state index in [4.69, 9.17) is 5.73 Å². The fraction of sp³-hybridized carbons (Fsp3) is 0.615. The Morgan fingerprint density at radius 1 is 1.65 bits per heavy atom.